The van der Waals surface area contributed by atoms with E-state index in [1.165, 1.54) is 0 Å². The molecule has 1 amide bonds. The van der Waals surface area contributed by atoms with Crippen LogP contribution in [0.5, 0.6) is 0 Å². The summed E-state index contributed by atoms with van der Waals surface area (Å²) in [6, 6.07) is 5.85. The highest BCUT2D eigenvalue weighted by Gasteiger charge is 2.29. The summed E-state index contributed by atoms with van der Waals surface area (Å²) in [6.07, 6.45) is 7.44. The van der Waals surface area contributed by atoms with E-state index < -0.39 is 0 Å². The number of amides is 1. The highest BCUT2D eigenvalue weighted by atomic mass is 16.2. The van der Waals surface area contributed by atoms with Gasteiger partial charge in [0.15, 0.2) is 0 Å². The molecule has 6 nitrogen and oxygen atoms in total. The zero-order valence-corrected chi connectivity index (χ0v) is 13.0. The number of likely N-dealkylation sites (tertiary alicyclic amines) is 1. The number of hydrogen-bond acceptors (Lipinski definition) is 4. The van der Waals surface area contributed by atoms with Gasteiger partial charge in [0.1, 0.15) is 5.82 Å². The van der Waals surface area contributed by atoms with E-state index >= 15 is 0 Å². The minimum atomic E-state index is 0.0625. The fourth-order valence-electron chi connectivity index (χ4n) is 2.86. The number of carbonyl (C=O) groups is 1. The van der Waals surface area contributed by atoms with Crippen LogP contribution in [0, 0.1) is 0 Å². The van der Waals surface area contributed by atoms with Gasteiger partial charge in [-0.3, -0.25) is 9.48 Å². The van der Waals surface area contributed by atoms with Gasteiger partial charge < -0.3 is 9.80 Å². The number of aromatic nitrogens is 3. The van der Waals surface area contributed by atoms with Crippen molar-refractivity contribution in [2.24, 2.45) is 0 Å². The number of nitrogens with zero attached hydrogens (tertiary/aromatic N) is 5. The van der Waals surface area contributed by atoms with E-state index in [9.17, 15) is 4.79 Å². The van der Waals surface area contributed by atoms with Crippen molar-refractivity contribution in [1.29, 1.82) is 0 Å². The predicted octanol–water partition coefficient (Wildman–Crippen LogP) is 1.65. The maximum absolute atomic E-state index is 12.7. The summed E-state index contributed by atoms with van der Waals surface area (Å²) in [5, 5.41) is 4.24. The molecule has 3 rings (SSSR count). The molecular formula is C16H21N5O. The highest BCUT2D eigenvalue weighted by molar-refractivity contribution is 5.94. The summed E-state index contributed by atoms with van der Waals surface area (Å²) in [5.74, 6) is 0.915. The molecule has 0 spiro atoms. The van der Waals surface area contributed by atoms with Crippen molar-refractivity contribution in [3.05, 3.63) is 42.4 Å². The third kappa shape index (κ3) is 2.95. The van der Waals surface area contributed by atoms with Crippen molar-refractivity contribution < 1.29 is 4.79 Å². The molecule has 1 aliphatic rings. The van der Waals surface area contributed by atoms with Crippen LogP contribution in [0.4, 0.5) is 5.82 Å². The van der Waals surface area contributed by atoms with Crippen LogP contribution < -0.4 is 4.90 Å². The Morgan fingerprint density at radius 2 is 2.27 bits per heavy atom. The summed E-state index contributed by atoms with van der Waals surface area (Å²) in [6.45, 7) is 1.56. The Labute approximate surface area is 130 Å². The van der Waals surface area contributed by atoms with Gasteiger partial charge in [-0.15, -0.1) is 0 Å². The lowest BCUT2D eigenvalue weighted by Gasteiger charge is -2.25. The molecule has 0 aromatic carbocycles. The number of carbonyl (C=O) groups excluding carboxylic acids is 1. The average Bonchev–Trinajstić information content (AvgIpc) is 3.19. The number of hydrogen-bond donors (Lipinski definition) is 0. The first-order valence-corrected chi connectivity index (χ1v) is 7.57. The fourth-order valence-corrected chi connectivity index (χ4v) is 2.86. The van der Waals surface area contributed by atoms with Crippen molar-refractivity contribution in [3.63, 3.8) is 0 Å². The lowest BCUT2D eigenvalue weighted by Crippen LogP contribution is -2.38. The SMILES string of the molecule is CN(C)c1ccc(C(=O)N2CCC[C@H]2Cn2cccn2)cn1. The van der Waals surface area contributed by atoms with Gasteiger partial charge >= 0.3 is 0 Å². The third-order valence-corrected chi connectivity index (χ3v) is 4.05. The quantitative estimate of drug-likeness (QED) is 0.861. The third-order valence-electron chi connectivity index (χ3n) is 4.05. The fraction of sp³-hybridized carbons (Fsp3) is 0.438. The Morgan fingerprint density at radius 1 is 1.41 bits per heavy atom. The van der Waals surface area contributed by atoms with Gasteiger partial charge in [-0.05, 0) is 31.0 Å². The second-order valence-electron chi connectivity index (χ2n) is 5.82. The van der Waals surface area contributed by atoms with Gasteiger partial charge in [-0.1, -0.05) is 0 Å². The van der Waals surface area contributed by atoms with Gasteiger partial charge in [0.05, 0.1) is 18.2 Å². The van der Waals surface area contributed by atoms with Gasteiger partial charge in [0.25, 0.3) is 5.91 Å². The van der Waals surface area contributed by atoms with Crippen molar-refractivity contribution in [2.45, 2.75) is 25.4 Å². The molecule has 0 N–H and O–H groups in total. The summed E-state index contributed by atoms with van der Waals surface area (Å²) < 4.78 is 1.89. The van der Waals surface area contributed by atoms with E-state index in [0.29, 0.717) is 5.56 Å². The molecule has 1 fully saturated rings. The monoisotopic (exact) mass is 299 g/mol. The Bertz CT molecular complexity index is 620. The second-order valence-corrected chi connectivity index (χ2v) is 5.82. The van der Waals surface area contributed by atoms with Crippen molar-refractivity contribution >= 4 is 11.7 Å². The molecule has 22 heavy (non-hydrogen) atoms. The summed E-state index contributed by atoms with van der Waals surface area (Å²) >= 11 is 0. The number of pyridine rings is 1. The molecule has 3 heterocycles. The Kier molecular flexibility index (Phi) is 4.09. The van der Waals surface area contributed by atoms with Crippen LogP contribution in [0.15, 0.2) is 36.8 Å². The molecule has 1 aliphatic heterocycles. The molecule has 0 unspecified atom stereocenters. The minimum Gasteiger partial charge on any atom is -0.363 e. The van der Waals surface area contributed by atoms with E-state index in [0.717, 1.165) is 31.7 Å². The van der Waals surface area contributed by atoms with Gasteiger partial charge in [-0.2, -0.15) is 5.10 Å². The van der Waals surface area contributed by atoms with E-state index in [-0.39, 0.29) is 11.9 Å². The topological polar surface area (TPSA) is 54.3 Å². The second kappa shape index (κ2) is 6.17. The summed E-state index contributed by atoms with van der Waals surface area (Å²) in [5.41, 5.74) is 0.651. The molecule has 2 aromatic heterocycles. The molecule has 0 bridgehead atoms. The molecule has 0 radical (unpaired) electrons. The summed E-state index contributed by atoms with van der Waals surface area (Å²) in [7, 11) is 3.87. The molecular weight excluding hydrogens is 278 g/mol. The first kappa shape index (κ1) is 14.6. The zero-order chi connectivity index (χ0) is 15.5. The smallest absolute Gasteiger partial charge is 0.255 e. The number of anilines is 1. The molecule has 6 heteroatoms. The average molecular weight is 299 g/mol. The van der Waals surface area contributed by atoms with Crippen LogP contribution >= 0.6 is 0 Å². The van der Waals surface area contributed by atoms with Crippen molar-refractivity contribution in [1.82, 2.24) is 19.7 Å². The first-order chi connectivity index (χ1) is 10.6. The summed E-state index contributed by atoms with van der Waals surface area (Å²) in [4.78, 5) is 20.9. The van der Waals surface area contributed by atoms with Crippen LogP contribution in [-0.2, 0) is 6.54 Å². The van der Waals surface area contributed by atoms with Crippen LogP contribution in [-0.4, -0.2) is 52.3 Å². The normalized spacial score (nSPS) is 17.7. The minimum absolute atomic E-state index is 0.0625. The molecule has 0 saturated carbocycles. The first-order valence-electron chi connectivity index (χ1n) is 7.57. The van der Waals surface area contributed by atoms with Gasteiger partial charge in [0, 0.05) is 39.2 Å². The van der Waals surface area contributed by atoms with E-state index in [4.69, 9.17) is 0 Å². The maximum atomic E-state index is 12.7. The maximum Gasteiger partial charge on any atom is 0.255 e. The largest absolute Gasteiger partial charge is 0.363 e. The van der Waals surface area contributed by atoms with Crippen LogP contribution in [0.2, 0.25) is 0 Å². The van der Waals surface area contributed by atoms with Crippen LogP contribution in [0.3, 0.4) is 0 Å². The standard InChI is InChI=1S/C16H21N5O/c1-19(2)15-7-6-13(11-17-15)16(22)21-10-3-5-14(21)12-20-9-4-8-18-20/h4,6-9,11,14H,3,5,10,12H2,1-2H3/t14-/m0/s1. The molecule has 1 saturated heterocycles. The Morgan fingerprint density at radius 3 is 2.91 bits per heavy atom. The molecule has 116 valence electrons. The van der Waals surface area contributed by atoms with E-state index in [2.05, 4.69) is 10.1 Å². The lowest BCUT2D eigenvalue weighted by molar-refractivity contribution is 0.0721. The van der Waals surface area contributed by atoms with Gasteiger partial charge in [0.2, 0.25) is 0 Å². The van der Waals surface area contributed by atoms with E-state index in [1.54, 1.807) is 12.4 Å². The van der Waals surface area contributed by atoms with Crippen molar-refractivity contribution in [3.8, 4) is 0 Å². The number of rotatable bonds is 4. The van der Waals surface area contributed by atoms with Crippen molar-refractivity contribution in [2.75, 3.05) is 25.5 Å². The van der Waals surface area contributed by atoms with Gasteiger partial charge in [-0.25, -0.2) is 4.98 Å². The zero-order valence-electron chi connectivity index (χ0n) is 13.0. The lowest BCUT2D eigenvalue weighted by atomic mass is 10.2. The Balaban J connectivity index is 1.72. The Hall–Kier alpha value is -2.37. The molecule has 1 atom stereocenters. The highest BCUT2D eigenvalue weighted by Crippen LogP contribution is 2.21. The van der Waals surface area contributed by atoms with E-state index in [1.807, 2.05) is 53.0 Å². The van der Waals surface area contributed by atoms with Crippen LogP contribution in [0.1, 0.15) is 23.2 Å². The van der Waals surface area contributed by atoms with Crippen LogP contribution in [0.25, 0.3) is 0 Å². The predicted molar refractivity (Wildman–Crippen MR) is 84.8 cm³/mol. The molecule has 2 aromatic rings. The molecule has 0 aliphatic carbocycles.